The number of anilines is 1. The van der Waals surface area contributed by atoms with Crippen molar-refractivity contribution in [2.45, 2.75) is 18.6 Å². The Balaban J connectivity index is 1.52. The molecule has 0 radical (unpaired) electrons. The van der Waals surface area contributed by atoms with Crippen molar-refractivity contribution < 1.29 is 9.47 Å². The highest BCUT2D eigenvalue weighted by atomic mass is 32.2. The first kappa shape index (κ1) is 17.6. The van der Waals surface area contributed by atoms with Crippen molar-refractivity contribution in [3.8, 4) is 11.8 Å². The van der Waals surface area contributed by atoms with Crippen LogP contribution in [0.1, 0.15) is 12.5 Å². The molecule has 1 aromatic heterocycles. The van der Waals surface area contributed by atoms with Gasteiger partial charge in [0.1, 0.15) is 5.75 Å². The highest BCUT2D eigenvalue weighted by Gasteiger charge is 2.19. The molecule has 1 aromatic carbocycles. The zero-order valence-electron chi connectivity index (χ0n) is 14.2. The highest BCUT2D eigenvalue weighted by Crippen LogP contribution is 2.22. The Morgan fingerprint density at radius 3 is 2.68 bits per heavy atom. The zero-order valence-corrected chi connectivity index (χ0v) is 15.0. The van der Waals surface area contributed by atoms with Crippen LogP contribution in [0.2, 0.25) is 0 Å². The van der Waals surface area contributed by atoms with Gasteiger partial charge in [-0.25, -0.2) is 0 Å². The maximum Gasteiger partial charge on any atom is 0.228 e. The molecule has 2 heterocycles. The second kappa shape index (κ2) is 8.74. The molecule has 0 unspecified atom stereocenters. The number of nitriles is 1. The third-order valence-corrected chi connectivity index (χ3v) is 4.81. The molecule has 1 saturated heterocycles. The van der Waals surface area contributed by atoms with E-state index in [9.17, 15) is 0 Å². The largest absolute Gasteiger partial charge is 0.493 e. The molecular weight excluding hydrogens is 338 g/mol. The Bertz CT molecular complexity index is 720. The average molecular weight is 359 g/mol. The molecule has 132 valence electrons. The van der Waals surface area contributed by atoms with Gasteiger partial charge in [-0.3, -0.25) is 4.57 Å². The van der Waals surface area contributed by atoms with Crippen molar-refractivity contribution in [1.29, 1.82) is 5.26 Å². The summed E-state index contributed by atoms with van der Waals surface area (Å²) in [5.74, 6) is 2.47. The maximum absolute atomic E-state index is 8.79. The first-order valence-corrected chi connectivity index (χ1v) is 9.32. The summed E-state index contributed by atoms with van der Waals surface area (Å²) in [6, 6.07) is 9.23. The molecule has 0 bridgehead atoms. The maximum atomic E-state index is 8.79. The first-order chi connectivity index (χ1) is 12.3. The van der Waals surface area contributed by atoms with Gasteiger partial charge in [0.2, 0.25) is 5.95 Å². The standard InChI is InChI=1S/C17H21N5O2S/c1-2-22-16(21-7-9-23-10-8-21)19-20-17(22)25-12-11-24-15-5-3-14(13-18)4-6-15/h3-6H,2,7-12H2,1H3. The Hall–Kier alpha value is -2.24. The van der Waals surface area contributed by atoms with E-state index in [1.165, 1.54) is 0 Å². The SMILES string of the molecule is CCn1c(SCCOc2ccc(C#N)cc2)nnc1N1CCOCC1. The lowest BCUT2D eigenvalue weighted by Gasteiger charge is -2.27. The van der Waals surface area contributed by atoms with Crippen LogP contribution in [0.5, 0.6) is 5.75 Å². The zero-order chi connectivity index (χ0) is 17.5. The molecule has 1 aliphatic rings. The van der Waals surface area contributed by atoms with Crippen LogP contribution in [0.4, 0.5) is 5.95 Å². The third kappa shape index (κ3) is 4.44. The predicted molar refractivity (Wildman–Crippen MR) is 96.1 cm³/mol. The lowest BCUT2D eigenvalue weighted by atomic mass is 10.2. The molecule has 0 amide bonds. The lowest BCUT2D eigenvalue weighted by molar-refractivity contribution is 0.121. The number of aromatic nitrogens is 3. The van der Waals surface area contributed by atoms with Crippen LogP contribution in [-0.4, -0.2) is 53.4 Å². The molecule has 25 heavy (non-hydrogen) atoms. The minimum atomic E-state index is 0.569. The number of hydrogen-bond acceptors (Lipinski definition) is 7. The monoisotopic (exact) mass is 359 g/mol. The third-order valence-electron chi connectivity index (χ3n) is 3.87. The van der Waals surface area contributed by atoms with E-state index in [1.807, 2.05) is 12.1 Å². The predicted octanol–water partition coefficient (Wildman–Crippen LogP) is 2.18. The number of thioether (sulfide) groups is 1. The lowest BCUT2D eigenvalue weighted by Crippen LogP contribution is -2.38. The topological polar surface area (TPSA) is 76.2 Å². The summed E-state index contributed by atoms with van der Waals surface area (Å²) in [7, 11) is 0. The van der Waals surface area contributed by atoms with Gasteiger partial charge in [-0.1, -0.05) is 11.8 Å². The summed E-state index contributed by atoms with van der Waals surface area (Å²) in [4.78, 5) is 2.22. The summed E-state index contributed by atoms with van der Waals surface area (Å²) in [5.41, 5.74) is 0.633. The first-order valence-electron chi connectivity index (χ1n) is 8.33. The molecule has 0 spiro atoms. The van der Waals surface area contributed by atoms with Gasteiger partial charge in [0.25, 0.3) is 0 Å². The Labute approximate surface area is 151 Å². The van der Waals surface area contributed by atoms with Crippen LogP contribution in [0.15, 0.2) is 29.4 Å². The van der Waals surface area contributed by atoms with E-state index in [1.54, 1.807) is 23.9 Å². The highest BCUT2D eigenvalue weighted by molar-refractivity contribution is 7.99. The Morgan fingerprint density at radius 2 is 2.00 bits per heavy atom. The normalized spacial score (nSPS) is 14.3. The van der Waals surface area contributed by atoms with Crippen LogP contribution >= 0.6 is 11.8 Å². The molecule has 0 saturated carbocycles. The average Bonchev–Trinajstić information content (AvgIpc) is 3.09. The van der Waals surface area contributed by atoms with E-state index in [2.05, 4.69) is 32.7 Å². The molecule has 0 N–H and O–H groups in total. The van der Waals surface area contributed by atoms with Gasteiger partial charge in [-0.15, -0.1) is 10.2 Å². The minimum absolute atomic E-state index is 0.569. The molecule has 0 aliphatic carbocycles. The van der Waals surface area contributed by atoms with Gasteiger partial charge < -0.3 is 14.4 Å². The molecule has 0 atom stereocenters. The quantitative estimate of drug-likeness (QED) is 0.554. The number of rotatable bonds is 7. The van der Waals surface area contributed by atoms with E-state index >= 15 is 0 Å². The summed E-state index contributed by atoms with van der Waals surface area (Å²) in [6.45, 7) is 6.67. The molecule has 2 aromatic rings. The molecule has 8 heteroatoms. The van der Waals surface area contributed by atoms with E-state index in [0.29, 0.717) is 12.2 Å². The fourth-order valence-electron chi connectivity index (χ4n) is 2.58. The van der Waals surface area contributed by atoms with Crippen LogP contribution in [-0.2, 0) is 11.3 Å². The molecular formula is C17H21N5O2S. The van der Waals surface area contributed by atoms with Crippen molar-refractivity contribution in [1.82, 2.24) is 14.8 Å². The van der Waals surface area contributed by atoms with Crippen LogP contribution in [0, 0.1) is 11.3 Å². The van der Waals surface area contributed by atoms with Crippen LogP contribution in [0.25, 0.3) is 0 Å². The summed E-state index contributed by atoms with van der Waals surface area (Å²) >= 11 is 1.64. The number of benzene rings is 1. The second-order valence-electron chi connectivity index (χ2n) is 5.46. The van der Waals surface area contributed by atoms with Crippen molar-refractivity contribution in [2.24, 2.45) is 0 Å². The molecule has 7 nitrogen and oxygen atoms in total. The number of ether oxygens (including phenoxy) is 2. The Kier molecular flexibility index (Phi) is 6.14. The van der Waals surface area contributed by atoms with Gasteiger partial charge in [0, 0.05) is 25.4 Å². The van der Waals surface area contributed by atoms with E-state index < -0.39 is 0 Å². The van der Waals surface area contributed by atoms with E-state index in [0.717, 1.165) is 55.5 Å². The van der Waals surface area contributed by atoms with E-state index in [-0.39, 0.29) is 0 Å². The second-order valence-corrected chi connectivity index (χ2v) is 6.52. The van der Waals surface area contributed by atoms with Crippen LogP contribution < -0.4 is 9.64 Å². The Morgan fingerprint density at radius 1 is 1.24 bits per heavy atom. The van der Waals surface area contributed by atoms with Crippen molar-refractivity contribution in [2.75, 3.05) is 43.6 Å². The molecule has 1 aliphatic heterocycles. The summed E-state index contributed by atoms with van der Waals surface area (Å²) in [6.07, 6.45) is 0. The van der Waals surface area contributed by atoms with Gasteiger partial charge in [-0.2, -0.15) is 5.26 Å². The van der Waals surface area contributed by atoms with Gasteiger partial charge in [0.15, 0.2) is 5.16 Å². The fraction of sp³-hybridized carbons (Fsp3) is 0.471. The van der Waals surface area contributed by atoms with Crippen molar-refractivity contribution in [3.05, 3.63) is 29.8 Å². The number of nitrogens with zero attached hydrogens (tertiary/aromatic N) is 5. The van der Waals surface area contributed by atoms with Crippen molar-refractivity contribution in [3.63, 3.8) is 0 Å². The number of hydrogen-bond donors (Lipinski definition) is 0. The van der Waals surface area contributed by atoms with Crippen LogP contribution in [0.3, 0.4) is 0 Å². The van der Waals surface area contributed by atoms with E-state index in [4.69, 9.17) is 14.7 Å². The molecule has 1 fully saturated rings. The minimum Gasteiger partial charge on any atom is -0.493 e. The smallest absolute Gasteiger partial charge is 0.228 e. The van der Waals surface area contributed by atoms with Gasteiger partial charge in [-0.05, 0) is 31.2 Å². The summed E-state index contributed by atoms with van der Waals surface area (Å²) < 4.78 is 13.2. The van der Waals surface area contributed by atoms with Gasteiger partial charge in [0.05, 0.1) is 31.5 Å². The fourth-order valence-corrected chi connectivity index (χ4v) is 3.39. The number of morpholine rings is 1. The van der Waals surface area contributed by atoms with Crippen molar-refractivity contribution >= 4 is 17.7 Å². The molecule has 3 rings (SSSR count). The summed E-state index contributed by atoms with van der Waals surface area (Å²) in [5, 5.41) is 18.4. The van der Waals surface area contributed by atoms with Gasteiger partial charge >= 0.3 is 0 Å².